The van der Waals surface area contributed by atoms with Gasteiger partial charge in [-0.05, 0) is 143 Å². The van der Waals surface area contributed by atoms with Gasteiger partial charge in [-0.25, -0.2) is 0 Å². The van der Waals surface area contributed by atoms with Gasteiger partial charge in [0.15, 0.2) is 5.96 Å². The molecule has 534 valence electrons. The first-order chi connectivity index (χ1) is 46.2. The second kappa shape index (κ2) is 40.0. The van der Waals surface area contributed by atoms with Crippen LogP contribution < -0.4 is 82.7 Å². The van der Waals surface area contributed by atoms with Crippen molar-refractivity contribution in [3.63, 3.8) is 0 Å². The summed E-state index contributed by atoms with van der Waals surface area (Å²) in [6.07, 6.45) is 3.93. The monoisotopic (exact) mass is 1370 g/mol. The molecule has 1 aliphatic carbocycles. The Morgan fingerprint density at radius 3 is 1.66 bits per heavy atom. The van der Waals surface area contributed by atoms with Crippen LogP contribution in [0.1, 0.15) is 127 Å². The van der Waals surface area contributed by atoms with Crippen LogP contribution >= 0.6 is 11.8 Å². The van der Waals surface area contributed by atoms with Gasteiger partial charge in [0.1, 0.15) is 54.4 Å². The summed E-state index contributed by atoms with van der Waals surface area (Å²) in [6, 6.07) is 3.61. The molecule has 97 heavy (non-hydrogen) atoms. The van der Waals surface area contributed by atoms with Gasteiger partial charge in [0, 0.05) is 38.9 Å². The Kier molecular flexibility index (Phi) is 32.5. The molecule has 0 saturated carbocycles. The maximum absolute atomic E-state index is 15.0. The molecular weight excluding hydrogens is 1270 g/mol. The first-order valence-corrected chi connectivity index (χ1v) is 34.6. The Hall–Kier alpha value is -8.91. The normalized spacial score (nSPS) is 17.5. The highest BCUT2D eigenvalue weighted by Crippen LogP contribution is 2.30. The molecule has 2 aromatic carbocycles. The molecule has 2 fully saturated rings. The summed E-state index contributed by atoms with van der Waals surface area (Å²) in [6.45, 7) is 3.89. The molecular formula is C65H100N18O13S. The predicted molar refractivity (Wildman–Crippen MR) is 363 cm³/mol. The summed E-state index contributed by atoms with van der Waals surface area (Å²) < 4.78 is 0. The Morgan fingerprint density at radius 1 is 0.567 bits per heavy atom. The molecule has 2 aromatic rings. The van der Waals surface area contributed by atoms with Crippen LogP contribution in [-0.4, -0.2) is 198 Å². The number of amides is 13. The van der Waals surface area contributed by atoms with E-state index in [9.17, 15) is 57.5 Å². The number of guanidine groups is 1. The Balaban J connectivity index is 1.36. The molecule has 0 radical (unpaired) electrons. The summed E-state index contributed by atoms with van der Waals surface area (Å²) in [5, 5.41) is 21.5. The van der Waals surface area contributed by atoms with Crippen molar-refractivity contribution in [1.82, 2.24) is 52.3 Å². The van der Waals surface area contributed by atoms with Crippen molar-refractivity contribution in [2.24, 2.45) is 57.0 Å². The average molecular weight is 1370 g/mol. The summed E-state index contributed by atoms with van der Waals surface area (Å²) >= 11 is 1.46. The minimum atomic E-state index is -1.63. The van der Waals surface area contributed by atoms with Crippen LogP contribution in [-0.2, 0) is 81.6 Å². The third-order valence-electron chi connectivity index (χ3n) is 17.3. The predicted octanol–water partition coefficient (Wildman–Crippen LogP) is -3.54. The van der Waals surface area contributed by atoms with E-state index in [4.69, 9.17) is 40.1 Å². The number of hydrogen-bond acceptors (Lipinski definition) is 17. The molecule has 5 rings (SSSR count). The van der Waals surface area contributed by atoms with Crippen molar-refractivity contribution in [1.29, 1.82) is 0 Å². The number of nitrogens with one attached hydrogen (secondary N) is 8. The summed E-state index contributed by atoms with van der Waals surface area (Å²) in [5.41, 5.74) is 42.0. The van der Waals surface area contributed by atoms with Crippen LogP contribution in [0.5, 0.6) is 0 Å². The van der Waals surface area contributed by atoms with Crippen LogP contribution in [0.4, 0.5) is 0 Å². The molecule has 13 amide bonds. The number of unbranched alkanes of at least 4 members (excludes halogenated alkanes) is 1. The summed E-state index contributed by atoms with van der Waals surface area (Å²) in [4.78, 5) is 186. The molecule has 10 atom stereocenters. The van der Waals surface area contributed by atoms with Crippen LogP contribution in [0.3, 0.4) is 0 Å². The molecule has 0 spiro atoms. The number of carbonyl (C=O) groups excluding carboxylic acids is 13. The number of hydrogen-bond donors (Lipinski definition) is 15. The topological polar surface area (TPSA) is 519 Å². The van der Waals surface area contributed by atoms with E-state index in [1.807, 2.05) is 44.4 Å². The zero-order valence-corrected chi connectivity index (χ0v) is 56.5. The molecule has 2 aliphatic heterocycles. The van der Waals surface area contributed by atoms with Gasteiger partial charge in [-0.15, -0.1) is 0 Å². The van der Waals surface area contributed by atoms with Crippen molar-refractivity contribution in [2.75, 3.05) is 44.7 Å². The molecule has 32 heteroatoms. The van der Waals surface area contributed by atoms with Gasteiger partial charge in [-0.2, -0.15) is 11.8 Å². The lowest BCUT2D eigenvalue weighted by Gasteiger charge is -2.32. The van der Waals surface area contributed by atoms with E-state index in [1.54, 1.807) is 30.3 Å². The van der Waals surface area contributed by atoms with Crippen LogP contribution in [0, 0.1) is 11.8 Å². The van der Waals surface area contributed by atoms with Crippen molar-refractivity contribution in [3.8, 4) is 0 Å². The molecule has 22 N–H and O–H groups in total. The first kappa shape index (κ1) is 78.8. The van der Waals surface area contributed by atoms with Crippen molar-refractivity contribution < 1.29 is 62.3 Å². The fourth-order valence-corrected chi connectivity index (χ4v) is 12.6. The fraction of sp³-hybridized carbons (Fsp3) is 0.600. The lowest BCUT2D eigenvalue weighted by molar-refractivity contribution is -0.144. The van der Waals surface area contributed by atoms with Gasteiger partial charge >= 0.3 is 0 Å². The lowest BCUT2D eigenvalue weighted by Crippen LogP contribution is -2.61. The molecule has 2 heterocycles. The van der Waals surface area contributed by atoms with Crippen molar-refractivity contribution in [2.45, 2.75) is 190 Å². The Bertz CT molecular complexity index is 3080. The molecule has 0 unspecified atom stereocenters. The van der Waals surface area contributed by atoms with Gasteiger partial charge < -0.3 is 92.5 Å². The fourth-order valence-electron chi connectivity index (χ4n) is 12.2. The van der Waals surface area contributed by atoms with Gasteiger partial charge in [0.25, 0.3) is 0 Å². The lowest BCUT2D eigenvalue weighted by atomic mass is 9.94. The van der Waals surface area contributed by atoms with E-state index >= 15 is 4.79 Å². The number of rotatable bonds is 41. The van der Waals surface area contributed by atoms with E-state index in [-0.39, 0.29) is 89.4 Å². The van der Waals surface area contributed by atoms with Gasteiger partial charge in [-0.3, -0.25) is 67.3 Å². The molecule has 2 saturated heterocycles. The van der Waals surface area contributed by atoms with E-state index in [2.05, 4.69) is 47.5 Å². The van der Waals surface area contributed by atoms with Crippen molar-refractivity contribution in [3.05, 3.63) is 71.3 Å². The number of nitrogens with two attached hydrogens (primary N) is 7. The minimum Gasteiger partial charge on any atom is -0.370 e. The second-order valence-electron chi connectivity index (χ2n) is 25.3. The smallest absolute Gasteiger partial charge is 0.245 e. The number of fused-ring (bicyclic) bond motifs is 1. The van der Waals surface area contributed by atoms with Gasteiger partial charge in [0.2, 0.25) is 76.8 Å². The number of likely N-dealkylation sites (tertiary alicyclic amines) is 2. The number of primary amides is 3. The zero-order valence-electron chi connectivity index (χ0n) is 55.7. The van der Waals surface area contributed by atoms with E-state index in [0.29, 0.717) is 49.8 Å². The Labute approximate surface area is 569 Å². The third kappa shape index (κ3) is 25.6. The quantitative estimate of drug-likeness (QED) is 0.0174. The maximum atomic E-state index is 15.0. The number of carbonyl (C=O) groups is 13. The Morgan fingerprint density at radius 2 is 1.10 bits per heavy atom. The summed E-state index contributed by atoms with van der Waals surface area (Å²) in [7, 11) is 0. The number of thioether (sulfide) groups is 1. The van der Waals surface area contributed by atoms with Crippen LogP contribution in [0.2, 0.25) is 0 Å². The highest BCUT2D eigenvalue weighted by atomic mass is 32.2. The number of nitrogens with zero attached hydrogens (tertiary/aromatic N) is 3. The SMILES string of the molecule is CSCC[C@H](NC(=O)[C@H](CC(C)C)NC(=O)CNC(=O)[C@H](Cc1ccccc1)NC(=O)[C@@H](NC(=O)[C@H](CCC(N)=O)NC(=O)[C@H](CCC(N)=O)NC(=O)[C@H]1CCCN1C(=O)[C@H](CCCCN)NC(=O)[C@@H]1CCCN1C(=O)[C@@H](N)CCCN=C(N)N)C1Cc2ccccc2C1)C(N)=O. The van der Waals surface area contributed by atoms with E-state index in [0.717, 1.165) is 11.1 Å². The first-order valence-electron chi connectivity index (χ1n) is 33.2. The average Bonchev–Trinajstić information content (AvgIpc) is 1.72. The van der Waals surface area contributed by atoms with E-state index < -0.39 is 175 Å². The highest BCUT2D eigenvalue weighted by Gasteiger charge is 2.43. The molecule has 31 nitrogen and oxygen atoms in total. The minimum absolute atomic E-state index is 0.0767. The second-order valence-corrected chi connectivity index (χ2v) is 26.3. The van der Waals surface area contributed by atoms with Crippen molar-refractivity contribution >= 4 is 94.5 Å². The van der Waals surface area contributed by atoms with Crippen LogP contribution in [0.25, 0.3) is 0 Å². The highest BCUT2D eigenvalue weighted by molar-refractivity contribution is 7.98. The summed E-state index contributed by atoms with van der Waals surface area (Å²) in [5.74, 6) is -10.3. The standard InChI is InChI=1S/C65H100N18O13S/c1-37(2)32-47(59(91)76-43(55(70)87)26-31-97-3)75-53(86)36-74-56(88)48(33-38-14-5-4-6-15-38)80-62(94)54(41-34-39-16-7-8-17-40(39)35-41)81-58(90)45(23-25-52(69)85)77-57(89)44(22-24-51(68)84)78-60(92)50-21-13-30-83(50)64(96)46(19-9-10-27-66)79-61(93)49-20-12-29-82(49)63(95)42(67)18-11-28-73-65(71)72/h4-8,14-17,37,41-50,54H,9-13,18-36,66-67H2,1-3H3,(H2,68,84)(H2,69,85)(H2,70,87)(H,74,88)(H,75,86)(H,76,91)(H,77,89)(H,78,92)(H,79,93)(H,80,94)(H,81,90)(H4,71,72,73)/t42-,43-,44-,45-,46-,47-,48-,49-,50+,54-/m0/s1. The third-order valence-corrected chi connectivity index (χ3v) is 17.9. The van der Waals surface area contributed by atoms with Gasteiger partial charge in [0.05, 0.1) is 12.6 Å². The number of benzene rings is 2. The van der Waals surface area contributed by atoms with E-state index in [1.165, 1.54) is 21.6 Å². The largest absolute Gasteiger partial charge is 0.370 e. The number of aliphatic imine (C=N–C) groups is 1. The maximum Gasteiger partial charge on any atom is 0.245 e. The van der Waals surface area contributed by atoms with Crippen LogP contribution in [0.15, 0.2) is 59.6 Å². The molecule has 0 aromatic heterocycles. The zero-order chi connectivity index (χ0) is 71.3. The molecule has 3 aliphatic rings. The molecule has 0 bridgehead atoms. The van der Waals surface area contributed by atoms with Gasteiger partial charge in [-0.1, -0.05) is 68.4 Å².